The number of amides is 2. The summed E-state index contributed by atoms with van der Waals surface area (Å²) in [6, 6.07) is 12.5. The van der Waals surface area contributed by atoms with E-state index in [9.17, 15) is 9.59 Å². The van der Waals surface area contributed by atoms with Crippen LogP contribution in [0.25, 0.3) is 16.8 Å². The predicted octanol–water partition coefficient (Wildman–Crippen LogP) is 2.96. The molecule has 0 aliphatic carbocycles. The van der Waals surface area contributed by atoms with Crippen molar-refractivity contribution < 1.29 is 9.59 Å². The zero-order valence-electron chi connectivity index (χ0n) is 18.1. The lowest BCUT2D eigenvalue weighted by Gasteiger charge is -2.13. The van der Waals surface area contributed by atoms with Crippen LogP contribution in [-0.2, 0) is 4.79 Å². The number of imidazole rings is 1. The summed E-state index contributed by atoms with van der Waals surface area (Å²) in [5.41, 5.74) is 9.00. The molecule has 9 heteroatoms. The molecular weight excluding hydrogens is 418 g/mol. The van der Waals surface area contributed by atoms with E-state index in [-0.39, 0.29) is 17.7 Å². The van der Waals surface area contributed by atoms with Gasteiger partial charge in [-0.1, -0.05) is 18.2 Å². The van der Waals surface area contributed by atoms with Crippen molar-refractivity contribution in [3.8, 4) is 11.3 Å². The molecule has 1 atom stereocenters. The number of anilines is 2. The maximum Gasteiger partial charge on any atom is 0.256 e. The third-order valence-electron chi connectivity index (χ3n) is 5.94. The van der Waals surface area contributed by atoms with Crippen LogP contribution in [0, 0.1) is 0 Å². The van der Waals surface area contributed by atoms with E-state index in [1.165, 1.54) is 0 Å². The highest BCUT2D eigenvalue weighted by molar-refractivity contribution is 6.04. The molecule has 4 heterocycles. The molecule has 0 saturated carbocycles. The van der Waals surface area contributed by atoms with Gasteiger partial charge < -0.3 is 16.0 Å². The number of carbonyl (C=O) groups is 2. The van der Waals surface area contributed by atoms with Gasteiger partial charge in [-0.2, -0.15) is 0 Å². The molecule has 33 heavy (non-hydrogen) atoms. The highest BCUT2D eigenvalue weighted by atomic mass is 16.2. The molecule has 0 unspecified atom stereocenters. The fourth-order valence-corrected chi connectivity index (χ4v) is 4.24. The minimum Gasteiger partial charge on any atom is -0.382 e. The maximum atomic E-state index is 12.6. The number of carbonyl (C=O) groups excluding carboxylic acids is 2. The van der Waals surface area contributed by atoms with Crippen molar-refractivity contribution in [1.82, 2.24) is 24.3 Å². The second kappa shape index (κ2) is 8.34. The van der Waals surface area contributed by atoms with E-state index in [1.54, 1.807) is 43.6 Å². The van der Waals surface area contributed by atoms with E-state index in [0.717, 1.165) is 23.3 Å². The number of nitrogens with two attached hydrogens (primary N) is 1. The van der Waals surface area contributed by atoms with Crippen LogP contribution < -0.4 is 11.1 Å². The molecule has 0 bridgehead atoms. The Kier molecular flexibility index (Phi) is 5.21. The number of nitrogens with zero attached hydrogens (tertiary/aromatic N) is 5. The van der Waals surface area contributed by atoms with Crippen LogP contribution in [0.5, 0.6) is 0 Å². The summed E-state index contributed by atoms with van der Waals surface area (Å²) in [6.45, 7) is 2.93. The molecule has 1 aliphatic rings. The summed E-state index contributed by atoms with van der Waals surface area (Å²) in [5.74, 6) is 1.66. The molecule has 1 fully saturated rings. The van der Waals surface area contributed by atoms with E-state index < -0.39 is 0 Å². The first-order valence-electron chi connectivity index (χ1n) is 10.7. The Balaban J connectivity index is 1.47. The minimum absolute atomic E-state index is 0.0688. The molecule has 5 rings (SSSR count). The first kappa shape index (κ1) is 20.6. The van der Waals surface area contributed by atoms with Crippen LogP contribution in [-0.4, -0.2) is 49.2 Å². The number of pyridine rings is 1. The molecule has 1 aromatic carbocycles. The van der Waals surface area contributed by atoms with Crippen molar-refractivity contribution in [2.45, 2.75) is 19.3 Å². The van der Waals surface area contributed by atoms with Crippen LogP contribution in [0.1, 0.15) is 35.4 Å². The lowest BCUT2D eigenvalue weighted by molar-refractivity contribution is -0.127. The van der Waals surface area contributed by atoms with Gasteiger partial charge in [0.2, 0.25) is 5.91 Å². The predicted molar refractivity (Wildman–Crippen MR) is 125 cm³/mol. The molecule has 3 aromatic heterocycles. The average molecular weight is 441 g/mol. The molecule has 1 saturated heterocycles. The van der Waals surface area contributed by atoms with E-state index >= 15 is 0 Å². The molecule has 0 spiro atoms. The fraction of sp³-hybridized carbons (Fsp3) is 0.208. The molecule has 3 N–H and O–H groups in total. The molecule has 4 aromatic rings. The Morgan fingerprint density at radius 2 is 1.91 bits per heavy atom. The van der Waals surface area contributed by atoms with Gasteiger partial charge in [0.1, 0.15) is 28.7 Å². The Bertz CT molecular complexity index is 1330. The third-order valence-corrected chi connectivity index (χ3v) is 5.94. The van der Waals surface area contributed by atoms with Crippen molar-refractivity contribution in [1.29, 1.82) is 0 Å². The van der Waals surface area contributed by atoms with Crippen LogP contribution in [0.4, 0.5) is 11.6 Å². The number of rotatable bonds is 4. The van der Waals surface area contributed by atoms with Gasteiger partial charge in [0.05, 0.1) is 0 Å². The van der Waals surface area contributed by atoms with Crippen molar-refractivity contribution in [3.63, 3.8) is 0 Å². The van der Waals surface area contributed by atoms with Crippen molar-refractivity contribution in [3.05, 3.63) is 72.4 Å². The molecule has 2 amide bonds. The number of nitrogens with one attached hydrogen (secondary N) is 1. The highest BCUT2D eigenvalue weighted by Gasteiger charge is 2.30. The van der Waals surface area contributed by atoms with Gasteiger partial charge in [-0.3, -0.25) is 14.0 Å². The summed E-state index contributed by atoms with van der Waals surface area (Å²) in [4.78, 5) is 39.5. The van der Waals surface area contributed by atoms with Crippen LogP contribution in [0.3, 0.4) is 0 Å². The Morgan fingerprint density at radius 3 is 2.61 bits per heavy atom. The molecule has 1 aliphatic heterocycles. The Hall–Kier alpha value is -4.27. The average Bonchev–Trinajstić information content (AvgIpc) is 3.46. The lowest BCUT2D eigenvalue weighted by Crippen LogP contribution is -2.25. The third kappa shape index (κ3) is 3.89. The van der Waals surface area contributed by atoms with E-state index in [1.807, 2.05) is 33.7 Å². The quantitative estimate of drug-likeness (QED) is 0.503. The Morgan fingerprint density at radius 1 is 1.09 bits per heavy atom. The topological polar surface area (TPSA) is 119 Å². The number of hydrogen-bond donors (Lipinski definition) is 2. The zero-order chi connectivity index (χ0) is 22.9. The summed E-state index contributed by atoms with van der Waals surface area (Å²) >= 11 is 0. The van der Waals surface area contributed by atoms with Gasteiger partial charge in [0.25, 0.3) is 5.91 Å². The maximum absolute atomic E-state index is 12.6. The molecule has 0 radical (unpaired) electrons. The normalized spacial score (nSPS) is 15.7. The second-order valence-corrected chi connectivity index (χ2v) is 8.05. The van der Waals surface area contributed by atoms with Gasteiger partial charge in [0, 0.05) is 55.6 Å². The SMILES string of the molecule is CC(=O)N1CC[C@@H](c2nc(-c3ccc(C(=O)Nc4ccccn4)cc3)c3c(N)nccn23)C1. The first-order valence-corrected chi connectivity index (χ1v) is 10.7. The highest BCUT2D eigenvalue weighted by Crippen LogP contribution is 2.34. The standard InChI is InChI=1S/C24H23N7O2/c1-15(32)30-12-9-18(14-30)23-29-20(21-22(25)27-11-13-31(21)23)16-5-7-17(8-6-16)24(33)28-19-4-2-3-10-26-19/h2-8,10-11,13,18H,9,12,14H2,1H3,(H2,25,27)(H,26,28,33)/t18-/m1/s1. The largest absolute Gasteiger partial charge is 0.382 e. The smallest absolute Gasteiger partial charge is 0.256 e. The molecule has 9 nitrogen and oxygen atoms in total. The van der Waals surface area contributed by atoms with E-state index in [0.29, 0.717) is 36.0 Å². The monoisotopic (exact) mass is 441 g/mol. The number of likely N-dealkylation sites (tertiary alicyclic amines) is 1. The second-order valence-electron chi connectivity index (χ2n) is 8.05. The van der Waals surface area contributed by atoms with Crippen LogP contribution in [0.15, 0.2) is 61.1 Å². The number of fused-ring (bicyclic) bond motifs is 1. The summed E-state index contributed by atoms with van der Waals surface area (Å²) in [5, 5.41) is 2.78. The Labute approximate surface area is 190 Å². The summed E-state index contributed by atoms with van der Waals surface area (Å²) < 4.78 is 1.97. The van der Waals surface area contributed by atoms with Gasteiger partial charge in [-0.05, 0) is 30.7 Å². The first-order chi connectivity index (χ1) is 16.0. The number of benzene rings is 1. The van der Waals surface area contributed by atoms with Gasteiger partial charge in [-0.15, -0.1) is 0 Å². The van der Waals surface area contributed by atoms with Gasteiger partial charge in [-0.25, -0.2) is 15.0 Å². The van der Waals surface area contributed by atoms with Gasteiger partial charge >= 0.3 is 0 Å². The molecular formula is C24H23N7O2. The number of aromatic nitrogens is 4. The van der Waals surface area contributed by atoms with Gasteiger partial charge in [0.15, 0.2) is 0 Å². The van der Waals surface area contributed by atoms with Crippen LogP contribution >= 0.6 is 0 Å². The number of nitrogen functional groups attached to an aromatic ring is 1. The van der Waals surface area contributed by atoms with E-state index in [4.69, 9.17) is 10.7 Å². The van der Waals surface area contributed by atoms with Crippen molar-refractivity contribution in [2.75, 3.05) is 24.1 Å². The van der Waals surface area contributed by atoms with E-state index in [2.05, 4.69) is 15.3 Å². The van der Waals surface area contributed by atoms with Crippen molar-refractivity contribution >= 4 is 29.0 Å². The van der Waals surface area contributed by atoms with Crippen molar-refractivity contribution in [2.24, 2.45) is 0 Å². The number of hydrogen-bond acceptors (Lipinski definition) is 6. The fourth-order valence-electron chi connectivity index (χ4n) is 4.24. The molecule has 166 valence electrons. The zero-order valence-corrected chi connectivity index (χ0v) is 18.1. The summed E-state index contributed by atoms with van der Waals surface area (Å²) in [7, 11) is 0. The minimum atomic E-state index is -0.243. The van der Waals surface area contributed by atoms with Crippen LogP contribution in [0.2, 0.25) is 0 Å². The lowest BCUT2D eigenvalue weighted by atomic mass is 10.1. The summed E-state index contributed by atoms with van der Waals surface area (Å²) in [6.07, 6.45) is 5.97.